The highest BCUT2D eigenvalue weighted by Crippen LogP contribution is 2.34. The van der Waals surface area contributed by atoms with Crippen LogP contribution in [0.25, 0.3) is 0 Å². The number of H-pyrrole nitrogens is 1. The molecule has 0 bridgehead atoms. The van der Waals surface area contributed by atoms with Gasteiger partial charge in [-0.15, -0.1) is 0 Å². The topological polar surface area (TPSA) is 88.6 Å². The molecule has 2 aromatic carbocycles. The molecule has 1 fully saturated rings. The van der Waals surface area contributed by atoms with Gasteiger partial charge in [-0.1, -0.05) is 12.1 Å². The molecule has 0 saturated carbocycles. The Morgan fingerprint density at radius 2 is 1.72 bits per heavy atom. The van der Waals surface area contributed by atoms with Gasteiger partial charge in [0.05, 0.1) is 27.4 Å². The number of methoxy groups -OCH3 is 2. The van der Waals surface area contributed by atoms with E-state index in [-0.39, 0.29) is 11.3 Å². The molecule has 29 heavy (non-hydrogen) atoms. The second-order valence-corrected chi connectivity index (χ2v) is 7.25. The predicted molar refractivity (Wildman–Crippen MR) is 110 cm³/mol. The number of benzene rings is 2. The van der Waals surface area contributed by atoms with Gasteiger partial charge >= 0.3 is 0 Å². The fourth-order valence-electron chi connectivity index (χ4n) is 3.49. The smallest absolute Gasteiger partial charge is 0.148 e. The van der Waals surface area contributed by atoms with Crippen molar-refractivity contribution in [3.05, 3.63) is 65.4 Å². The van der Waals surface area contributed by atoms with Crippen molar-refractivity contribution < 1.29 is 19.3 Å². The van der Waals surface area contributed by atoms with Crippen molar-refractivity contribution >= 4 is 5.82 Å². The summed E-state index contributed by atoms with van der Waals surface area (Å²) in [4.78, 5) is 0. The number of nitrogens with zero attached hydrogens (tertiary/aromatic N) is 1. The predicted octanol–water partition coefficient (Wildman–Crippen LogP) is 3.26. The summed E-state index contributed by atoms with van der Waals surface area (Å²) in [7, 11) is 3.30. The summed E-state index contributed by atoms with van der Waals surface area (Å²) >= 11 is 0. The molecule has 7 heteroatoms. The number of hydrogen-bond donors (Lipinski definition) is 3. The third-order valence-electron chi connectivity index (χ3n) is 5.21. The number of aromatic hydroxyl groups is 1. The first kappa shape index (κ1) is 19.1. The van der Waals surface area contributed by atoms with Crippen molar-refractivity contribution in [3.8, 4) is 17.2 Å². The summed E-state index contributed by atoms with van der Waals surface area (Å²) in [6.45, 7) is 1.12. The number of aromatic nitrogens is 2. The van der Waals surface area contributed by atoms with E-state index in [4.69, 9.17) is 14.2 Å². The molecule has 3 N–H and O–H groups in total. The van der Waals surface area contributed by atoms with Gasteiger partial charge in [-0.25, -0.2) is 0 Å². The van der Waals surface area contributed by atoms with Crippen LogP contribution in [0.3, 0.4) is 0 Å². The standard InChI is InChI=1S/C22H25N3O4/c1-27-19-9-15(10-20(12-19)28-2)3-6-17-11-21(25-24-17)23-22(13-29-14-22)16-4-7-18(26)8-5-16/h4-5,7-12,26H,3,6,13-14H2,1-2H3,(H2,23,24,25). The van der Waals surface area contributed by atoms with Gasteiger partial charge < -0.3 is 24.6 Å². The van der Waals surface area contributed by atoms with E-state index in [0.717, 1.165) is 47.0 Å². The van der Waals surface area contributed by atoms with Crippen LogP contribution in [0.1, 0.15) is 16.8 Å². The van der Waals surface area contributed by atoms with Gasteiger partial charge in [-0.2, -0.15) is 5.10 Å². The molecule has 1 aromatic heterocycles. The molecule has 152 valence electrons. The molecule has 0 atom stereocenters. The number of aryl methyl sites for hydroxylation is 2. The molecule has 0 aliphatic carbocycles. The third-order valence-corrected chi connectivity index (χ3v) is 5.21. The van der Waals surface area contributed by atoms with Crippen LogP contribution in [0.2, 0.25) is 0 Å². The molecular weight excluding hydrogens is 370 g/mol. The molecule has 0 unspecified atom stereocenters. The zero-order valence-corrected chi connectivity index (χ0v) is 16.6. The summed E-state index contributed by atoms with van der Waals surface area (Å²) in [6.07, 6.45) is 1.65. The van der Waals surface area contributed by atoms with Gasteiger partial charge in [0, 0.05) is 17.8 Å². The lowest BCUT2D eigenvalue weighted by atomic mass is 9.88. The fourth-order valence-corrected chi connectivity index (χ4v) is 3.49. The van der Waals surface area contributed by atoms with Crippen LogP contribution in [0.5, 0.6) is 17.2 Å². The molecule has 3 aromatic rings. The van der Waals surface area contributed by atoms with E-state index >= 15 is 0 Å². The van der Waals surface area contributed by atoms with Gasteiger partial charge in [0.15, 0.2) is 0 Å². The number of hydrogen-bond acceptors (Lipinski definition) is 6. The Morgan fingerprint density at radius 3 is 2.31 bits per heavy atom. The second-order valence-electron chi connectivity index (χ2n) is 7.25. The number of ether oxygens (including phenoxy) is 3. The van der Waals surface area contributed by atoms with Crippen LogP contribution in [0.4, 0.5) is 5.82 Å². The van der Waals surface area contributed by atoms with Crippen LogP contribution >= 0.6 is 0 Å². The first-order valence-corrected chi connectivity index (χ1v) is 9.52. The maximum Gasteiger partial charge on any atom is 0.148 e. The molecule has 0 spiro atoms. The number of anilines is 1. The van der Waals surface area contributed by atoms with Crippen LogP contribution in [-0.2, 0) is 23.1 Å². The van der Waals surface area contributed by atoms with Crippen LogP contribution in [0.15, 0.2) is 48.5 Å². The fraction of sp³-hybridized carbons (Fsp3) is 0.318. The molecule has 1 saturated heterocycles. The average Bonchev–Trinajstić information content (AvgIpc) is 3.17. The highest BCUT2D eigenvalue weighted by Gasteiger charge is 2.40. The Kier molecular flexibility index (Phi) is 5.31. The quantitative estimate of drug-likeness (QED) is 0.543. The van der Waals surface area contributed by atoms with E-state index in [1.165, 1.54) is 0 Å². The first-order valence-electron chi connectivity index (χ1n) is 9.52. The lowest BCUT2D eigenvalue weighted by molar-refractivity contribution is -0.0449. The third kappa shape index (κ3) is 4.14. The largest absolute Gasteiger partial charge is 0.508 e. The van der Waals surface area contributed by atoms with Gasteiger partial charge in [-0.3, -0.25) is 5.10 Å². The first-order chi connectivity index (χ1) is 14.1. The van der Waals surface area contributed by atoms with Crippen molar-refractivity contribution in [1.82, 2.24) is 10.2 Å². The Balaban J connectivity index is 1.43. The average molecular weight is 395 g/mol. The van der Waals surface area contributed by atoms with Crippen molar-refractivity contribution in [2.75, 3.05) is 32.8 Å². The molecule has 1 aliphatic heterocycles. The lowest BCUT2D eigenvalue weighted by Crippen LogP contribution is -2.53. The van der Waals surface area contributed by atoms with Gasteiger partial charge in [-0.05, 0) is 48.2 Å². The van der Waals surface area contributed by atoms with Crippen LogP contribution in [0, 0.1) is 0 Å². The van der Waals surface area contributed by atoms with Crippen LogP contribution < -0.4 is 14.8 Å². The molecule has 0 amide bonds. The van der Waals surface area contributed by atoms with Crippen molar-refractivity contribution in [2.45, 2.75) is 18.4 Å². The minimum Gasteiger partial charge on any atom is -0.508 e. The van der Waals surface area contributed by atoms with Gasteiger partial charge in [0.25, 0.3) is 0 Å². The SMILES string of the molecule is COc1cc(CCc2cc(NC3(c4ccc(O)cc4)COC3)n[nH]2)cc(OC)c1. The Labute approximate surface area is 169 Å². The molecular formula is C22H25N3O4. The van der Waals surface area contributed by atoms with Crippen LogP contribution in [-0.4, -0.2) is 42.7 Å². The monoisotopic (exact) mass is 395 g/mol. The van der Waals surface area contributed by atoms with E-state index in [1.807, 2.05) is 36.4 Å². The van der Waals surface area contributed by atoms with Crippen molar-refractivity contribution in [2.24, 2.45) is 0 Å². The number of phenols is 1. The number of nitrogens with one attached hydrogen (secondary N) is 2. The number of phenolic OH excluding ortho intramolecular Hbond substituents is 1. The maximum atomic E-state index is 9.54. The molecule has 2 heterocycles. The Bertz CT molecular complexity index is 942. The van der Waals surface area contributed by atoms with E-state index in [1.54, 1.807) is 26.4 Å². The summed E-state index contributed by atoms with van der Waals surface area (Å²) < 4.78 is 16.1. The van der Waals surface area contributed by atoms with Crippen molar-refractivity contribution in [1.29, 1.82) is 0 Å². The maximum absolute atomic E-state index is 9.54. The molecule has 1 aliphatic rings. The number of rotatable bonds is 8. The van der Waals surface area contributed by atoms with Gasteiger partial charge in [0.2, 0.25) is 0 Å². The lowest BCUT2D eigenvalue weighted by Gasteiger charge is -2.42. The highest BCUT2D eigenvalue weighted by atomic mass is 16.5. The second kappa shape index (κ2) is 8.05. The van der Waals surface area contributed by atoms with E-state index in [2.05, 4.69) is 15.5 Å². The highest BCUT2D eigenvalue weighted by molar-refractivity contribution is 5.46. The minimum atomic E-state index is -0.319. The summed E-state index contributed by atoms with van der Waals surface area (Å²) in [5.41, 5.74) is 2.92. The molecule has 0 radical (unpaired) electrons. The summed E-state index contributed by atoms with van der Waals surface area (Å²) in [6, 6.07) is 15.1. The van der Waals surface area contributed by atoms with E-state index < -0.39 is 0 Å². The minimum absolute atomic E-state index is 0.250. The van der Waals surface area contributed by atoms with Gasteiger partial charge in [0.1, 0.15) is 28.6 Å². The zero-order valence-electron chi connectivity index (χ0n) is 16.6. The Morgan fingerprint density at radius 1 is 1.03 bits per heavy atom. The molecule has 4 rings (SSSR count). The summed E-state index contributed by atoms with van der Waals surface area (Å²) in [5, 5.41) is 20.6. The Hall–Kier alpha value is -3.19. The zero-order chi connectivity index (χ0) is 20.3. The van der Waals surface area contributed by atoms with Crippen molar-refractivity contribution in [3.63, 3.8) is 0 Å². The van der Waals surface area contributed by atoms with E-state index in [0.29, 0.717) is 13.2 Å². The summed E-state index contributed by atoms with van der Waals surface area (Å²) in [5.74, 6) is 2.60. The van der Waals surface area contributed by atoms with E-state index in [9.17, 15) is 5.11 Å². The molecule has 7 nitrogen and oxygen atoms in total. The normalized spacial score (nSPS) is 14.8. The number of aromatic amines is 1.